The molecule has 0 atom stereocenters. The van der Waals surface area contributed by atoms with E-state index in [9.17, 15) is 13.0 Å². The van der Waals surface area contributed by atoms with E-state index >= 15 is 0 Å². The van der Waals surface area contributed by atoms with E-state index in [4.69, 9.17) is 9.79 Å². The number of hydrogen-bond acceptors (Lipinski definition) is 5. The summed E-state index contributed by atoms with van der Waals surface area (Å²) < 4.78 is 39.3. The molecule has 19 heavy (non-hydrogen) atoms. The first-order valence-electron chi connectivity index (χ1n) is 5.31. The molecule has 0 aromatic heterocycles. The molecule has 0 amide bonds. The fourth-order valence-electron chi connectivity index (χ4n) is 1.48. The topological polar surface area (TPSA) is 101 Å². The standard InChI is InChI=1S/C10H15O6PS2/c1-3-8-5-4-6-9(18-2)10(8)19(14,15)16-7-17(11,12)13/h4-6H,3,7H2,1-2H3,(H2,11,12,13). The molecule has 1 rings (SSSR count). The van der Waals surface area contributed by atoms with Gasteiger partial charge in [0.05, 0.1) is 0 Å². The monoisotopic (exact) mass is 326 g/mol. The van der Waals surface area contributed by atoms with Gasteiger partial charge in [-0.2, -0.15) is 8.42 Å². The third kappa shape index (κ3) is 4.59. The molecule has 0 saturated carbocycles. The molecule has 9 heteroatoms. The molecule has 0 bridgehead atoms. The van der Waals surface area contributed by atoms with Gasteiger partial charge in [0.2, 0.25) is 0 Å². The van der Waals surface area contributed by atoms with Gasteiger partial charge in [-0.3, -0.25) is 8.75 Å². The average Bonchev–Trinajstić information content (AvgIpc) is 2.34. The highest BCUT2D eigenvalue weighted by Crippen LogP contribution is 2.37. The number of aryl methyl sites for hydroxylation is 1. The third-order valence-electron chi connectivity index (χ3n) is 2.29. The molecule has 108 valence electrons. The molecular formula is C10H15O6PS2. The normalized spacial score (nSPS) is 12.6. The number of rotatable bonds is 6. The van der Waals surface area contributed by atoms with Gasteiger partial charge in [-0.25, -0.2) is 0 Å². The lowest BCUT2D eigenvalue weighted by atomic mass is 10.2. The molecule has 0 spiro atoms. The molecular weight excluding hydrogens is 311 g/mol. The van der Waals surface area contributed by atoms with Crippen molar-refractivity contribution >= 4 is 29.5 Å². The van der Waals surface area contributed by atoms with Gasteiger partial charge in [0.1, 0.15) is 4.90 Å². The highest BCUT2D eigenvalue weighted by molar-refractivity contribution is 7.99. The summed E-state index contributed by atoms with van der Waals surface area (Å²) in [5.41, 5.74) is 0.553. The molecule has 0 aliphatic heterocycles. The Bertz CT molecular complexity index is 570. The van der Waals surface area contributed by atoms with Crippen LogP contribution < -0.4 is 0 Å². The van der Waals surface area contributed by atoms with Gasteiger partial charge in [0.15, 0.2) is 6.35 Å². The first-order valence-corrected chi connectivity index (χ1v) is 9.74. The van der Waals surface area contributed by atoms with Gasteiger partial charge in [-0.15, -0.1) is 11.8 Å². The van der Waals surface area contributed by atoms with Crippen molar-refractivity contribution in [3.63, 3.8) is 0 Å². The van der Waals surface area contributed by atoms with Crippen molar-refractivity contribution in [1.82, 2.24) is 0 Å². The van der Waals surface area contributed by atoms with Crippen LogP contribution in [-0.4, -0.2) is 30.8 Å². The van der Waals surface area contributed by atoms with E-state index in [1.807, 2.05) is 0 Å². The second-order valence-corrected chi connectivity index (χ2v) is 7.66. The Balaban J connectivity index is 3.24. The van der Waals surface area contributed by atoms with Crippen LogP contribution in [-0.2, 0) is 25.3 Å². The van der Waals surface area contributed by atoms with E-state index in [-0.39, 0.29) is 4.90 Å². The van der Waals surface area contributed by atoms with Gasteiger partial charge < -0.3 is 9.79 Å². The molecule has 0 aliphatic carbocycles. The molecule has 6 nitrogen and oxygen atoms in total. The fourth-order valence-corrected chi connectivity index (χ4v) is 4.64. The van der Waals surface area contributed by atoms with Gasteiger partial charge in [-0.1, -0.05) is 19.1 Å². The SMILES string of the molecule is CCc1cccc(SC)c1S(=O)(=O)OCP(=O)(O)O. The predicted octanol–water partition coefficient (Wildman–Crippen LogP) is 1.81. The lowest BCUT2D eigenvalue weighted by Gasteiger charge is -2.13. The molecule has 2 N–H and O–H groups in total. The number of hydrogen-bond donors (Lipinski definition) is 2. The molecule has 0 fully saturated rings. The van der Waals surface area contributed by atoms with Crippen LogP contribution in [0.4, 0.5) is 0 Å². The first kappa shape index (κ1) is 16.7. The van der Waals surface area contributed by atoms with E-state index in [0.717, 1.165) is 0 Å². The zero-order chi connectivity index (χ0) is 14.7. The Morgan fingerprint density at radius 2 is 2.00 bits per heavy atom. The van der Waals surface area contributed by atoms with Crippen molar-refractivity contribution in [2.75, 3.05) is 12.6 Å². The Labute approximate surface area is 116 Å². The van der Waals surface area contributed by atoms with Crippen LogP contribution in [0.2, 0.25) is 0 Å². The van der Waals surface area contributed by atoms with E-state index < -0.39 is 24.1 Å². The number of thioether (sulfide) groups is 1. The van der Waals surface area contributed by atoms with Gasteiger partial charge >= 0.3 is 7.60 Å². The summed E-state index contributed by atoms with van der Waals surface area (Å²) in [7, 11) is -8.73. The van der Waals surface area contributed by atoms with Crippen LogP contribution in [0.15, 0.2) is 28.0 Å². The molecule has 1 aromatic carbocycles. The first-order chi connectivity index (χ1) is 8.71. The van der Waals surface area contributed by atoms with E-state index in [1.165, 1.54) is 11.8 Å². The highest BCUT2D eigenvalue weighted by Gasteiger charge is 2.26. The minimum atomic E-state index is -4.54. The van der Waals surface area contributed by atoms with Crippen LogP contribution in [0.25, 0.3) is 0 Å². The Morgan fingerprint density at radius 1 is 1.37 bits per heavy atom. The fraction of sp³-hybridized carbons (Fsp3) is 0.400. The lowest BCUT2D eigenvalue weighted by Crippen LogP contribution is -2.11. The van der Waals surface area contributed by atoms with E-state index in [2.05, 4.69) is 4.18 Å². The van der Waals surface area contributed by atoms with Gasteiger partial charge in [0.25, 0.3) is 10.1 Å². The van der Waals surface area contributed by atoms with Crippen molar-refractivity contribution in [2.24, 2.45) is 0 Å². The molecule has 0 aliphatic rings. The molecule has 0 heterocycles. The predicted molar refractivity (Wildman–Crippen MR) is 72.8 cm³/mol. The van der Waals surface area contributed by atoms with Gasteiger partial charge in [-0.05, 0) is 24.3 Å². The maximum absolute atomic E-state index is 12.1. The molecule has 0 unspecified atom stereocenters. The van der Waals surface area contributed by atoms with Crippen LogP contribution in [0.5, 0.6) is 0 Å². The summed E-state index contributed by atoms with van der Waals surface area (Å²) in [5, 5.41) is 0. The Kier molecular flexibility index (Phi) is 5.61. The average molecular weight is 326 g/mol. The quantitative estimate of drug-likeness (QED) is 0.467. The zero-order valence-corrected chi connectivity index (χ0v) is 13.0. The molecule has 0 radical (unpaired) electrons. The largest absolute Gasteiger partial charge is 0.352 e. The van der Waals surface area contributed by atoms with Crippen LogP contribution in [0.3, 0.4) is 0 Å². The van der Waals surface area contributed by atoms with Crippen molar-refractivity contribution in [2.45, 2.75) is 23.1 Å². The summed E-state index contributed by atoms with van der Waals surface area (Å²) in [4.78, 5) is 17.9. The minimum Gasteiger partial charge on any atom is -0.323 e. The Morgan fingerprint density at radius 3 is 2.47 bits per heavy atom. The van der Waals surface area contributed by atoms with Crippen molar-refractivity contribution in [1.29, 1.82) is 0 Å². The summed E-state index contributed by atoms with van der Waals surface area (Å²) in [6.45, 7) is 1.79. The second-order valence-electron chi connectivity index (χ2n) is 3.67. The summed E-state index contributed by atoms with van der Waals surface area (Å²) in [5.74, 6) is 0. The van der Waals surface area contributed by atoms with E-state index in [1.54, 1.807) is 31.4 Å². The van der Waals surface area contributed by atoms with Gasteiger partial charge in [0, 0.05) is 4.90 Å². The molecule has 1 aromatic rings. The Hall–Kier alpha value is -0.370. The minimum absolute atomic E-state index is 0.0153. The van der Waals surface area contributed by atoms with Crippen molar-refractivity contribution in [3.05, 3.63) is 23.8 Å². The maximum atomic E-state index is 12.1. The van der Waals surface area contributed by atoms with E-state index in [0.29, 0.717) is 16.9 Å². The highest BCUT2D eigenvalue weighted by atomic mass is 32.2. The molecule has 0 saturated heterocycles. The zero-order valence-electron chi connectivity index (χ0n) is 10.4. The van der Waals surface area contributed by atoms with Crippen LogP contribution in [0.1, 0.15) is 12.5 Å². The number of benzene rings is 1. The second kappa shape index (κ2) is 6.39. The maximum Gasteiger partial charge on any atom is 0.352 e. The smallest absolute Gasteiger partial charge is 0.323 e. The van der Waals surface area contributed by atoms with Crippen molar-refractivity contribution < 1.29 is 27.0 Å². The summed E-state index contributed by atoms with van der Waals surface area (Å²) >= 11 is 1.23. The summed E-state index contributed by atoms with van der Waals surface area (Å²) in [6, 6.07) is 5.00. The van der Waals surface area contributed by atoms with Crippen LogP contribution in [0, 0.1) is 0 Å². The van der Waals surface area contributed by atoms with Crippen molar-refractivity contribution in [3.8, 4) is 0 Å². The third-order valence-corrected chi connectivity index (χ3v) is 5.25. The van der Waals surface area contributed by atoms with Crippen LogP contribution >= 0.6 is 19.4 Å². The lowest BCUT2D eigenvalue weighted by molar-refractivity contribution is 0.300. The summed E-state index contributed by atoms with van der Waals surface area (Å²) in [6.07, 6.45) is 1.04.